The summed E-state index contributed by atoms with van der Waals surface area (Å²) in [7, 11) is -0.520. The van der Waals surface area contributed by atoms with Gasteiger partial charge in [0.1, 0.15) is 0 Å². The molecule has 1 N–H and O–H groups in total. The molecule has 0 aromatic heterocycles. The fraction of sp³-hybridized carbons (Fsp3) is 0. The van der Waals surface area contributed by atoms with Crippen molar-refractivity contribution >= 4 is 9.92 Å². The van der Waals surface area contributed by atoms with E-state index < -0.39 is 9.92 Å². The minimum Gasteiger partial charge on any atom is -0.309 e. The first-order valence-electron chi connectivity index (χ1n) is 0.987. The minimum atomic E-state index is -0.520. The zero-order valence-corrected chi connectivity index (χ0v) is 3.42. The van der Waals surface area contributed by atoms with E-state index in [0.29, 0.717) is 0 Å². The first-order valence-corrected chi connectivity index (χ1v) is 2.20. The predicted molar refractivity (Wildman–Crippen MR) is 13.3 cm³/mol. The first kappa shape index (κ1) is 2.34. The third kappa shape index (κ3) is 0.263. The normalized spacial score (nSPS) is 45.8. The van der Waals surface area contributed by atoms with Crippen LogP contribution in [0.1, 0.15) is 0 Å². The highest BCUT2D eigenvalue weighted by Crippen LogP contribution is 1.91. The smallest absolute Gasteiger partial charge is 0.309 e. The van der Waals surface area contributed by atoms with E-state index in [2.05, 4.69) is 4.53 Å². The van der Waals surface area contributed by atoms with Gasteiger partial charge in [-0.15, -0.1) is 0 Å². The summed E-state index contributed by atoms with van der Waals surface area (Å²) in [6.07, 6.45) is 0. The highest BCUT2D eigenvalue weighted by Gasteiger charge is 2.14. The molecule has 0 radical (unpaired) electrons. The topological polar surface area (TPSA) is 35.8 Å². The van der Waals surface area contributed by atoms with Gasteiger partial charge in [0.25, 0.3) is 0 Å². The molecule has 0 aromatic rings. The number of hydrogen-bond donors (Lipinski definition) is 1. The summed E-state index contributed by atoms with van der Waals surface area (Å²) in [5.41, 5.74) is 0. The maximum Gasteiger partial charge on any atom is 0.325 e. The van der Waals surface area contributed by atoms with Crippen molar-refractivity contribution in [1.82, 2.24) is 4.89 Å². The summed E-state index contributed by atoms with van der Waals surface area (Å²) in [5, 5.41) is 7.84. The van der Waals surface area contributed by atoms with Gasteiger partial charge in [-0.2, -0.15) is 0 Å². The van der Waals surface area contributed by atoms with Crippen molar-refractivity contribution in [3.63, 3.8) is 0 Å². The maximum absolute atomic E-state index is 7.84. The molecule has 0 aromatic carbocycles. The molecule has 1 atom stereocenters. The average molecular weight is 77.1 g/mol. The van der Waals surface area contributed by atoms with Gasteiger partial charge in [-0.25, -0.2) is 0 Å². The molecule has 1 heterocycles. The van der Waals surface area contributed by atoms with Gasteiger partial charge < -0.3 is 4.53 Å². The highest BCUT2D eigenvalue weighted by molar-refractivity contribution is 6.29. The first-order chi connectivity index (χ1) is 1.89. The molecule has 1 rings (SSSR count). The summed E-state index contributed by atoms with van der Waals surface area (Å²) in [6.45, 7) is 0. The van der Waals surface area contributed by atoms with Crippen LogP contribution in [-0.2, 0) is 4.53 Å². The van der Waals surface area contributed by atoms with Crippen LogP contribution in [0, 0.1) is 0 Å². The summed E-state index contributed by atoms with van der Waals surface area (Å²) in [6, 6.07) is 0. The Hall–Kier alpha value is 0.0969. The zero-order chi connectivity index (χ0) is 2.99. The lowest BCUT2D eigenvalue weighted by Crippen LogP contribution is -1.78. The molecule has 1 unspecified atom stereocenters. The molecule has 1 aliphatic heterocycles. The predicted octanol–water partition coefficient (Wildman–Crippen LogP) is -1.38. The molecule has 3 nitrogen and oxygen atoms in total. The molecular formula is H3NO2Si. The minimum absolute atomic E-state index is 0.520. The van der Waals surface area contributed by atoms with Crippen molar-refractivity contribution in [3.8, 4) is 0 Å². The van der Waals surface area contributed by atoms with Crippen molar-refractivity contribution in [2.24, 2.45) is 0 Å². The standard InChI is InChI=1S/H3NO2Si/c2-1-3-4-1/h2H,4H2. The molecule has 24 valence electrons. The molecule has 4 heteroatoms. The number of rotatable bonds is 0. The summed E-state index contributed by atoms with van der Waals surface area (Å²) < 4.78 is 4.24. The van der Waals surface area contributed by atoms with E-state index in [-0.39, 0.29) is 0 Å². The largest absolute Gasteiger partial charge is 0.325 e. The van der Waals surface area contributed by atoms with Gasteiger partial charge in [0.05, 0.1) is 0 Å². The van der Waals surface area contributed by atoms with Crippen molar-refractivity contribution in [1.29, 1.82) is 0 Å². The lowest BCUT2D eigenvalue weighted by Gasteiger charge is -1.64. The van der Waals surface area contributed by atoms with E-state index in [1.165, 1.54) is 0 Å². The van der Waals surface area contributed by atoms with Crippen LogP contribution in [0.5, 0.6) is 0 Å². The fourth-order valence-electron chi connectivity index (χ4n) is 0.0258. The van der Waals surface area contributed by atoms with Crippen LogP contribution in [0.4, 0.5) is 0 Å². The third-order valence-corrected chi connectivity index (χ3v) is 0.734. The van der Waals surface area contributed by atoms with Gasteiger partial charge >= 0.3 is 9.92 Å². The van der Waals surface area contributed by atoms with E-state index in [0.717, 1.165) is 4.89 Å². The molecule has 1 fully saturated rings. The maximum atomic E-state index is 7.84. The highest BCUT2D eigenvalue weighted by atomic mass is 28.3. The summed E-state index contributed by atoms with van der Waals surface area (Å²) in [5.74, 6) is 0. The molecule has 0 aliphatic carbocycles. The van der Waals surface area contributed by atoms with Gasteiger partial charge in [0.15, 0.2) is 0 Å². The number of hydrogen-bond acceptors (Lipinski definition) is 3. The Labute approximate surface area is 25.7 Å². The molecular weight excluding hydrogens is 74.1 g/mol. The SMILES string of the molecule is ON1O[SiH2]1. The van der Waals surface area contributed by atoms with Crippen LogP contribution < -0.4 is 0 Å². The quantitative estimate of drug-likeness (QED) is 0.286. The summed E-state index contributed by atoms with van der Waals surface area (Å²) in [4.78, 5) is 0.889. The van der Waals surface area contributed by atoms with Crippen LogP contribution in [-0.4, -0.2) is 20.0 Å². The molecule has 0 saturated carbocycles. The van der Waals surface area contributed by atoms with Gasteiger partial charge in [-0.3, -0.25) is 5.21 Å². The second-order valence-electron chi connectivity index (χ2n) is 0.610. The Morgan fingerprint density at radius 2 is 2.25 bits per heavy atom. The van der Waals surface area contributed by atoms with Gasteiger partial charge in [-0.1, -0.05) is 4.89 Å². The average Bonchev–Trinajstić information content (AvgIpc) is 1.75. The van der Waals surface area contributed by atoms with Crippen LogP contribution in [0.15, 0.2) is 0 Å². The molecule has 4 heavy (non-hydrogen) atoms. The molecule has 0 spiro atoms. The Morgan fingerprint density at radius 3 is 2.25 bits per heavy atom. The van der Waals surface area contributed by atoms with E-state index in [4.69, 9.17) is 5.21 Å². The van der Waals surface area contributed by atoms with E-state index in [9.17, 15) is 0 Å². The molecule has 0 amide bonds. The Bertz CT molecular complexity index is 25.2. The van der Waals surface area contributed by atoms with E-state index in [1.54, 1.807) is 0 Å². The lowest BCUT2D eigenvalue weighted by atomic mass is 13.3. The Kier molecular flexibility index (Phi) is 0.307. The monoisotopic (exact) mass is 77.0 g/mol. The molecule has 1 saturated heterocycles. The van der Waals surface area contributed by atoms with Crippen molar-refractivity contribution in [2.75, 3.05) is 0 Å². The Balaban J connectivity index is 2.17. The van der Waals surface area contributed by atoms with Crippen LogP contribution in [0.25, 0.3) is 0 Å². The second kappa shape index (κ2) is 0.524. The fourth-order valence-corrected chi connectivity index (χ4v) is 0.0775. The van der Waals surface area contributed by atoms with Crippen LogP contribution >= 0.6 is 0 Å². The van der Waals surface area contributed by atoms with Crippen molar-refractivity contribution < 1.29 is 9.73 Å². The van der Waals surface area contributed by atoms with Gasteiger partial charge in [0, 0.05) is 0 Å². The van der Waals surface area contributed by atoms with Gasteiger partial charge in [0.2, 0.25) is 0 Å². The van der Waals surface area contributed by atoms with Crippen molar-refractivity contribution in [2.45, 2.75) is 0 Å². The van der Waals surface area contributed by atoms with Crippen LogP contribution in [0.3, 0.4) is 0 Å². The van der Waals surface area contributed by atoms with Crippen molar-refractivity contribution in [3.05, 3.63) is 0 Å². The van der Waals surface area contributed by atoms with E-state index >= 15 is 0 Å². The van der Waals surface area contributed by atoms with Crippen LogP contribution in [0.2, 0.25) is 0 Å². The number of nitrogens with zero attached hydrogens (tertiary/aromatic N) is 1. The van der Waals surface area contributed by atoms with Gasteiger partial charge in [-0.05, 0) is 0 Å². The Morgan fingerprint density at radius 1 is 2.00 bits per heavy atom. The van der Waals surface area contributed by atoms with E-state index in [1.807, 2.05) is 0 Å². The second-order valence-corrected chi connectivity index (χ2v) is 1.67. The third-order valence-electron chi connectivity index (χ3n) is 0.245. The molecule has 0 bridgehead atoms. The lowest BCUT2D eigenvalue weighted by molar-refractivity contribution is -0.0966. The molecule has 1 aliphatic rings. The summed E-state index contributed by atoms with van der Waals surface area (Å²) >= 11 is 0. The zero-order valence-electron chi connectivity index (χ0n) is 2.01.